The van der Waals surface area contributed by atoms with Crippen LogP contribution in [0.15, 0.2) is 12.3 Å². The Morgan fingerprint density at radius 2 is 2.09 bits per heavy atom. The topological polar surface area (TPSA) is 40.6 Å². The van der Waals surface area contributed by atoms with E-state index in [4.69, 9.17) is 0 Å². The fourth-order valence-electron chi connectivity index (χ4n) is 1.32. The molecule has 4 heteroatoms. The van der Waals surface area contributed by atoms with Gasteiger partial charge in [-0.2, -0.15) is 0 Å². The molecule has 2 heterocycles. The molecule has 0 atom stereocenters. The van der Waals surface area contributed by atoms with E-state index in [0.717, 1.165) is 6.42 Å². The number of hydrogen-bond acceptors (Lipinski definition) is 2. The lowest BCUT2D eigenvalue weighted by Gasteiger charge is -2.27. The van der Waals surface area contributed by atoms with E-state index in [0.29, 0.717) is 6.54 Å². The third kappa shape index (κ3) is 0.824. The van der Waals surface area contributed by atoms with Gasteiger partial charge in [0.25, 0.3) is 11.8 Å². The van der Waals surface area contributed by atoms with Gasteiger partial charge in [-0.25, -0.2) is 10.0 Å². The molecule has 4 nitrogen and oxygen atoms in total. The van der Waals surface area contributed by atoms with E-state index in [1.54, 1.807) is 6.20 Å². The second-order valence-corrected chi connectivity index (χ2v) is 2.61. The molecule has 0 aliphatic carbocycles. The van der Waals surface area contributed by atoms with Crippen molar-refractivity contribution in [3.63, 3.8) is 0 Å². The number of hydrogen-bond donors (Lipinski definition) is 0. The summed E-state index contributed by atoms with van der Waals surface area (Å²) in [5.74, 6) is -0.203. The summed E-state index contributed by atoms with van der Waals surface area (Å²) in [7, 11) is 0. The Balaban J connectivity index is 2.30. The van der Waals surface area contributed by atoms with Gasteiger partial charge in [0.05, 0.1) is 0 Å². The van der Waals surface area contributed by atoms with Crippen LogP contribution in [0.25, 0.3) is 0 Å². The highest BCUT2D eigenvalue weighted by Gasteiger charge is 2.34. The lowest BCUT2D eigenvalue weighted by Crippen LogP contribution is -2.39. The minimum absolute atomic E-state index is 0.0321. The van der Waals surface area contributed by atoms with Crippen molar-refractivity contribution in [1.29, 1.82) is 0 Å². The van der Waals surface area contributed by atoms with Crippen LogP contribution in [0, 0.1) is 0 Å². The van der Waals surface area contributed by atoms with Crippen LogP contribution in [0.3, 0.4) is 0 Å². The molecule has 0 aromatic carbocycles. The Hall–Kier alpha value is -1.32. The maximum absolute atomic E-state index is 11.0. The summed E-state index contributed by atoms with van der Waals surface area (Å²) in [6.45, 7) is 0.640. The zero-order chi connectivity index (χ0) is 7.84. The Morgan fingerprint density at radius 3 is 2.82 bits per heavy atom. The molecule has 0 unspecified atom stereocenters. The smallest absolute Gasteiger partial charge is 0.254 e. The fourth-order valence-corrected chi connectivity index (χ4v) is 1.32. The zero-order valence-corrected chi connectivity index (χ0v) is 5.99. The van der Waals surface area contributed by atoms with E-state index in [1.165, 1.54) is 10.0 Å². The molecule has 2 amide bonds. The predicted octanol–water partition coefficient (Wildman–Crippen LogP) is -0.120. The van der Waals surface area contributed by atoms with Gasteiger partial charge in [-0.3, -0.25) is 9.59 Å². The lowest BCUT2D eigenvalue weighted by atomic mass is 10.3. The quantitative estimate of drug-likeness (QED) is 0.454. The molecule has 0 saturated carbocycles. The number of hydrazine groups is 1. The number of nitrogens with zero attached hydrogens (tertiary/aromatic N) is 2. The van der Waals surface area contributed by atoms with E-state index in [9.17, 15) is 9.59 Å². The molecule has 1 saturated heterocycles. The minimum Gasteiger partial charge on any atom is -0.272 e. The molecule has 2 aliphatic heterocycles. The van der Waals surface area contributed by atoms with Gasteiger partial charge in [-0.05, 0) is 6.42 Å². The second kappa shape index (κ2) is 2.08. The van der Waals surface area contributed by atoms with E-state index >= 15 is 0 Å². The summed E-state index contributed by atoms with van der Waals surface area (Å²) in [6.07, 6.45) is 4.43. The second-order valence-electron chi connectivity index (χ2n) is 2.61. The Bertz CT molecular complexity index is 247. The maximum Gasteiger partial charge on any atom is 0.254 e. The van der Waals surface area contributed by atoms with Crippen LogP contribution in [0.1, 0.15) is 12.8 Å². The van der Waals surface area contributed by atoms with Gasteiger partial charge in [0.1, 0.15) is 6.42 Å². The first-order chi connectivity index (χ1) is 5.29. The van der Waals surface area contributed by atoms with E-state index < -0.39 is 0 Å². The Kier molecular flexibility index (Phi) is 1.21. The van der Waals surface area contributed by atoms with E-state index in [-0.39, 0.29) is 18.2 Å². The number of amides is 2. The van der Waals surface area contributed by atoms with Gasteiger partial charge in [0.15, 0.2) is 0 Å². The van der Waals surface area contributed by atoms with Crippen LogP contribution >= 0.6 is 0 Å². The molecule has 0 aromatic heterocycles. The Labute approximate surface area is 64.0 Å². The standard InChI is InChI=1S/C7H8N2O2/c10-6-5-7(11)9-4-2-1-3-8(6)9/h1,3H,2,4-5H2. The first kappa shape index (κ1) is 6.39. The summed E-state index contributed by atoms with van der Waals surface area (Å²) in [6, 6.07) is 0. The number of fused-ring (bicyclic) bond motifs is 1. The van der Waals surface area contributed by atoms with Crippen LogP contribution in [0.2, 0.25) is 0 Å². The molecule has 0 bridgehead atoms. The van der Waals surface area contributed by atoms with Gasteiger partial charge < -0.3 is 0 Å². The summed E-state index contributed by atoms with van der Waals surface area (Å²) in [5, 5.41) is 2.88. The average Bonchev–Trinajstić information content (AvgIpc) is 2.30. The fraction of sp³-hybridized carbons (Fsp3) is 0.429. The first-order valence-corrected chi connectivity index (χ1v) is 3.58. The zero-order valence-electron chi connectivity index (χ0n) is 5.99. The number of carbonyl (C=O) groups is 2. The molecule has 2 aliphatic rings. The largest absolute Gasteiger partial charge is 0.272 e. The van der Waals surface area contributed by atoms with Crippen molar-refractivity contribution < 1.29 is 9.59 Å². The molecular weight excluding hydrogens is 144 g/mol. The molecule has 0 radical (unpaired) electrons. The van der Waals surface area contributed by atoms with Crippen molar-refractivity contribution in [2.45, 2.75) is 12.8 Å². The maximum atomic E-state index is 11.0. The van der Waals surface area contributed by atoms with Crippen molar-refractivity contribution in [2.75, 3.05) is 6.54 Å². The SMILES string of the molecule is O=C1CC(=O)N2CCC=CN12. The van der Waals surface area contributed by atoms with E-state index in [2.05, 4.69) is 0 Å². The van der Waals surface area contributed by atoms with Crippen molar-refractivity contribution >= 4 is 11.8 Å². The van der Waals surface area contributed by atoms with Gasteiger partial charge in [0.2, 0.25) is 0 Å². The van der Waals surface area contributed by atoms with Crippen molar-refractivity contribution in [3.05, 3.63) is 12.3 Å². The van der Waals surface area contributed by atoms with E-state index in [1.807, 2.05) is 6.08 Å². The summed E-state index contributed by atoms with van der Waals surface area (Å²) in [4.78, 5) is 22.1. The van der Waals surface area contributed by atoms with Crippen LogP contribution in [0.4, 0.5) is 0 Å². The highest BCUT2D eigenvalue weighted by Crippen LogP contribution is 2.17. The third-order valence-electron chi connectivity index (χ3n) is 1.86. The van der Waals surface area contributed by atoms with Crippen molar-refractivity contribution in [1.82, 2.24) is 10.0 Å². The molecule has 0 aromatic rings. The molecule has 11 heavy (non-hydrogen) atoms. The monoisotopic (exact) mass is 152 g/mol. The summed E-state index contributed by atoms with van der Waals surface area (Å²) >= 11 is 0. The van der Waals surface area contributed by atoms with Crippen molar-refractivity contribution in [3.8, 4) is 0 Å². The van der Waals surface area contributed by atoms with Gasteiger partial charge in [-0.15, -0.1) is 0 Å². The number of rotatable bonds is 0. The summed E-state index contributed by atoms with van der Waals surface area (Å²) in [5.41, 5.74) is 0. The highest BCUT2D eigenvalue weighted by molar-refractivity contribution is 6.02. The van der Waals surface area contributed by atoms with Crippen molar-refractivity contribution in [2.24, 2.45) is 0 Å². The average molecular weight is 152 g/mol. The van der Waals surface area contributed by atoms with Crippen LogP contribution in [0.5, 0.6) is 0 Å². The Morgan fingerprint density at radius 1 is 1.27 bits per heavy atom. The molecule has 2 rings (SSSR count). The van der Waals surface area contributed by atoms with Crippen LogP contribution < -0.4 is 0 Å². The third-order valence-corrected chi connectivity index (χ3v) is 1.86. The normalized spacial score (nSPS) is 22.9. The minimum atomic E-state index is -0.119. The van der Waals surface area contributed by atoms with Crippen LogP contribution in [-0.4, -0.2) is 28.4 Å². The first-order valence-electron chi connectivity index (χ1n) is 3.58. The van der Waals surface area contributed by atoms with Gasteiger partial charge in [-0.1, -0.05) is 6.08 Å². The van der Waals surface area contributed by atoms with Crippen LogP contribution in [-0.2, 0) is 9.59 Å². The molecule has 0 spiro atoms. The van der Waals surface area contributed by atoms with Gasteiger partial charge >= 0.3 is 0 Å². The molecule has 0 N–H and O–H groups in total. The lowest BCUT2D eigenvalue weighted by molar-refractivity contribution is -0.142. The molecular formula is C7H8N2O2. The van der Waals surface area contributed by atoms with Gasteiger partial charge in [0, 0.05) is 12.7 Å². The molecule has 1 fully saturated rings. The number of carbonyl (C=O) groups excluding carboxylic acids is 2. The molecule has 58 valence electrons. The highest BCUT2D eigenvalue weighted by atomic mass is 16.2. The summed E-state index contributed by atoms with van der Waals surface area (Å²) < 4.78 is 0. The predicted molar refractivity (Wildman–Crippen MR) is 36.9 cm³/mol.